The van der Waals surface area contributed by atoms with Crippen LogP contribution in [-0.4, -0.2) is 34.5 Å². The highest BCUT2D eigenvalue weighted by Crippen LogP contribution is 2.07. The zero-order valence-corrected chi connectivity index (χ0v) is 7.97. The van der Waals surface area contributed by atoms with Crippen molar-refractivity contribution in [2.24, 2.45) is 0 Å². The maximum Gasteiger partial charge on any atom is 0.248 e. The number of aromatic nitrogens is 7. The summed E-state index contributed by atoms with van der Waals surface area (Å²) in [4.78, 5) is 12.8. The van der Waals surface area contributed by atoms with Crippen LogP contribution >= 0.6 is 0 Å². The van der Waals surface area contributed by atoms with Crippen molar-refractivity contribution in [3.63, 3.8) is 0 Å². The predicted molar refractivity (Wildman–Crippen MR) is 54.2 cm³/mol. The van der Waals surface area contributed by atoms with Crippen molar-refractivity contribution >= 4 is 23.0 Å². The van der Waals surface area contributed by atoms with Crippen molar-refractivity contribution in [1.82, 2.24) is 34.5 Å². The number of nitrogens with two attached hydrogens (primary N) is 2. The molecule has 10 nitrogen and oxygen atoms in total. The minimum absolute atomic E-state index is 0.165. The first-order valence-corrected chi connectivity index (χ1v) is 4.33. The summed E-state index contributed by atoms with van der Waals surface area (Å²) >= 11 is 0. The normalized spacial score (nSPS) is 11.2. The van der Waals surface area contributed by atoms with Crippen LogP contribution in [0.25, 0.3) is 17.2 Å². The fourth-order valence-corrected chi connectivity index (χ4v) is 1.48. The molecular weight excluding hydrogens is 212 g/mol. The number of nitrogens with one attached hydrogen (secondary N) is 3. The molecule has 82 valence electrons. The fraction of sp³-hybridized carbons (Fsp3) is 0. The summed E-state index contributed by atoms with van der Waals surface area (Å²) in [5.41, 5.74) is 6.01. The zero-order valence-electron chi connectivity index (χ0n) is 7.97. The summed E-state index contributed by atoms with van der Waals surface area (Å²) < 4.78 is 1.57. The first-order valence-electron chi connectivity index (χ1n) is 4.33. The van der Waals surface area contributed by atoms with E-state index in [0.29, 0.717) is 11.4 Å². The molecule has 3 heterocycles. The number of hydrogen-bond acceptors (Lipinski definition) is 6. The Morgan fingerprint density at radius 3 is 2.88 bits per heavy atom. The van der Waals surface area contributed by atoms with Gasteiger partial charge in [-0.05, 0) is 0 Å². The first kappa shape index (κ1) is 8.52. The zero-order chi connectivity index (χ0) is 11.3. The standard InChI is InChI=1S/C6H8N10/c7-2-1-3-13-16(9)14-6-12-4(8)11-5(10-2)15(3)6/h1,13H,9H2,(H4,7,8,10,11,12,14). The SMILES string of the molecule is N=c1nc2nc(N)cc3[nH]n(N)[nH]c(n1)n23. The number of nitrogen functional groups attached to an aromatic ring is 2. The van der Waals surface area contributed by atoms with Crippen LogP contribution in [0.5, 0.6) is 0 Å². The smallest absolute Gasteiger partial charge is 0.248 e. The predicted octanol–water partition coefficient (Wildman–Crippen LogP) is -1.93. The van der Waals surface area contributed by atoms with Gasteiger partial charge in [-0.25, -0.2) is 14.6 Å². The van der Waals surface area contributed by atoms with Gasteiger partial charge in [0, 0.05) is 6.07 Å². The van der Waals surface area contributed by atoms with Crippen LogP contribution in [0.4, 0.5) is 5.82 Å². The van der Waals surface area contributed by atoms with Gasteiger partial charge in [-0.2, -0.15) is 15.0 Å². The van der Waals surface area contributed by atoms with E-state index in [0.717, 1.165) is 4.91 Å². The fourth-order valence-electron chi connectivity index (χ4n) is 1.48. The van der Waals surface area contributed by atoms with Gasteiger partial charge < -0.3 is 11.6 Å². The summed E-state index contributed by atoms with van der Waals surface area (Å²) in [6.07, 6.45) is 0. The average molecular weight is 220 g/mol. The summed E-state index contributed by atoms with van der Waals surface area (Å²) in [6.45, 7) is 0. The molecule has 0 radical (unpaired) electrons. The Morgan fingerprint density at radius 1 is 1.25 bits per heavy atom. The minimum Gasteiger partial charge on any atom is -0.383 e. The average Bonchev–Trinajstić information content (AvgIpc) is 2.14. The molecule has 3 aromatic rings. The Balaban J connectivity index is 2.69. The van der Waals surface area contributed by atoms with E-state index in [-0.39, 0.29) is 17.2 Å². The van der Waals surface area contributed by atoms with E-state index in [9.17, 15) is 0 Å². The van der Waals surface area contributed by atoms with Gasteiger partial charge >= 0.3 is 0 Å². The van der Waals surface area contributed by atoms with Crippen LogP contribution in [0.2, 0.25) is 0 Å². The van der Waals surface area contributed by atoms with Crippen LogP contribution < -0.4 is 17.2 Å². The van der Waals surface area contributed by atoms with Crippen LogP contribution in [0.15, 0.2) is 6.07 Å². The molecule has 3 rings (SSSR count). The van der Waals surface area contributed by atoms with Gasteiger partial charge in [-0.3, -0.25) is 5.41 Å². The van der Waals surface area contributed by atoms with Gasteiger partial charge in [0.1, 0.15) is 11.5 Å². The second kappa shape index (κ2) is 2.62. The van der Waals surface area contributed by atoms with Crippen molar-refractivity contribution in [2.45, 2.75) is 0 Å². The Kier molecular flexibility index (Phi) is 1.40. The molecule has 0 saturated carbocycles. The topological polar surface area (TPSA) is 155 Å². The lowest BCUT2D eigenvalue weighted by Crippen LogP contribution is -2.24. The van der Waals surface area contributed by atoms with Gasteiger partial charge in [0.2, 0.25) is 17.2 Å². The van der Waals surface area contributed by atoms with E-state index in [1.54, 1.807) is 10.5 Å². The number of H-pyrrole nitrogens is 2. The molecule has 0 aliphatic rings. The van der Waals surface area contributed by atoms with Gasteiger partial charge in [-0.1, -0.05) is 0 Å². The van der Waals surface area contributed by atoms with Crippen molar-refractivity contribution in [2.75, 3.05) is 11.6 Å². The van der Waals surface area contributed by atoms with E-state index in [2.05, 4.69) is 25.1 Å². The second-order valence-corrected chi connectivity index (χ2v) is 3.17. The molecule has 7 N–H and O–H groups in total. The lowest BCUT2D eigenvalue weighted by atomic mass is 10.5. The van der Waals surface area contributed by atoms with E-state index in [1.165, 1.54) is 0 Å². The number of anilines is 1. The summed E-state index contributed by atoms with van der Waals surface area (Å²) in [7, 11) is 0. The quantitative estimate of drug-likeness (QED) is 0.279. The molecule has 0 bridgehead atoms. The Bertz CT molecular complexity index is 693. The number of nitrogens with zero attached hydrogens (tertiary/aromatic N) is 5. The molecule has 0 saturated heterocycles. The van der Waals surface area contributed by atoms with Gasteiger partial charge in [0.05, 0.1) is 0 Å². The van der Waals surface area contributed by atoms with Crippen molar-refractivity contribution < 1.29 is 0 Å². The number of aromatic amines is 2. The lowest BCUT2D eigenvalue weighted by Gasteiger charge is -2.09. The minimum atomic E-state index is -0.165. The number of hydrogen-bond donors (Lipinski definition) is 5. The maximum atomic E-state index is 7.42. The van der Waals surface area contributed by atoms with E-state index < -0.39 is 0 Å². The highest BCUT2D eigenvalue weighted by Gasteiger charge is 2.06. The first-order chi connectivity index (χ1) is 7.63. The highest BCUT2D eigenvalue weighted by atomic mass is 15.6. The van der Waals surface area contributed by atoms with Gasteiger partial charge in [0.15, 0.2) is 0 Å². The summed E-state index contributed by atoms with van der Waals surface area (Å²) in [6, 6.07) is 1.59. The molecule has 16 heavy (non-hydrogen) atoms. The molecule has 0 aliphatic carbocycles. The molecule has 3 aromatic heterocycles. The third-order valence-electron chi connectivity index (χ3n) is 2.04. The van der Waals surface area contributed by atoms with Crippen LogP contribution in [0.3, 0.4) is 0 Å². The van der Waals surface area contributed by atoms with E-state index in [1.807, 2.05) is 0 Å². The molecular formula is C6H8N10. The largest absolute Gasteiger partial charge is 0.383 e. The lowest BCUT2D eigenvalue weighted by molar-refractivity contribution is 0.658. The van der Waals surface area contributed by atoms with Crippen LogP contribution in [0, 0.1) is 5.41 Å². The third-order valence-corrected chi connectivity index (χ3v) is 2.04. The molecule has 0 atom stereocenters. The van der Waals surface area contributed by atoms with E-state index in [4.69, 9.17) is 17.0 Å². The Labute approximate surface area is 87.0 Å². The molecule has 0 amide bonds. The van der Waals surface area contributed by atoms with Crippen molar-refractivity contribution in [3.05, 3.63) is 11.7 Å². The summed E-state index contributed by atoms with van der Waals surface area (Å²) in [5.74, 6) is 6.44. The molecule has 10 heteroatoms. The Morgan fingerprint density at radius 2 is 2.06 bits per heavy atom. The maximum absolute atomic E-state index is 7.42. The van der Waals surface area contributed by atoms with Crippen LogP contribution in [-0.2, 0) is 0 Å². The monoisotopic (exact) mass is 220 g/mol. The van der Waals surface area contributed by atoms with Gasteiger partial charge in [-0.15, -0.1) is 4.91 Å². The molecule has 0 aliphatic heterocycles. The molecule has 0 aromatic carbocycles. The molecule has 0 fully saturated rings. The van der Waals surface area contributed by atoms with Crippen LogP contribution in [0.1, 0.15) is 0 Å². The second-order valence-electron chi connectivity index (χ2n) is 3.17. The number of rotatable bonds is 0. The third kappa shape index (κ3) is 1.06. The van der Waals surface area contributed by atoms with E-state index >= 15 is 0 Å². The summed E-state index contributed by atoms with van der Waals surface area (Å²) in [5, 5.41) is 12.9. The molecule has 0 unspecified atom stereocenters. The Hall–Kier alpha value is -2.78. The highest BCUT2D eigenvalue weighted by molar-refractivity contribution is 5.58. The van der Waals surface area contributed by atoms with Gasteiger partial charge in [0.25, 0.3) is 0 Å². The molecule has 0 spiro atoms. The van der Waals surface area contributed by atoms with Crippen molar-refractivity contribution in [1.29, 1.82) is 5.41 Å². The van der Waals surface area contributed by atoms with Crippen molar-refractivity contribution in [3.8, 4) is 0 Å².